The molecule has 6 rings (SSSR count). The molecular weight excluding hydrogens is 600 g/mol. The Bertz CT molecular complexity index is 1470. The molecule has 11 heteroatoms. The van der Waals surface area contributed by atoms with Gasteiger partial charge in [0.25, 0.3) is 0 Å². The van der Waals surface area contributed by atoms with Crippen LogP contribution in [-0.2, 0) is 16.1 Å². The van der Waals surface area contributed by atoms with Crippen molar-refractivity contribution in [3.05, 3.63) is 52.6 Å². The molecule has 1 aliphatic heterocycles. The van der Waals surface area contributed by atoms with E-state index in [4.69, 9.17) is 4.74 Å². The minimum atomic E-state index is -0.826. The number of ether oxygens (including phenoxy) is 1. The summed E-state index contributed by atoms with van der Waals surface area (Å²) in [4.78, 5) is 54.8. The van der Waals surface area contributed by atoms with Gasteiger partial charge in [0.05, 0.1) is 19.1 Å². The van der Waals surface area contributed by atoms with Crippen molar-refractivity contribution >= 4 is 40.1 Å². The van der Waals surface area contributed by atoms with E-state index in [1.807, 2.05) is 36.6 Å². The number of amides is 3. The number of hydrogen-bond acceptors (Lipinski definition) is 8. The van der Waals surface area contributed by atoms with Crippen molar-refractivity contribution in [3.8, 4) is 5.75 Å². The van der Waals surface area contributed by atoms with Crippen molar-refractivity contribution < 1.29 is 19.1 Å². The Labute approximate surface area is 275 Å². The van der Waals surface area contributed by atoms with Crippen LogP contribution in [0.4, 0.5) is 4.79 Å². The van der Waals surface area contributed by atoms with Crippen LogP contribution in [0.15, 0.2) is 42.0 Å². The number of carbonyl (C=O) groups excluding carboxylic acids is 3. The highest BCUT2D eigenvalue weighted by Gasteiger charge is 2.41. The molecule has 3 aromatic rings. The van der Waals surface area contributed by atoms with Crippen LogP contribution in [0.2, 0.25) is 0 Å². The third-order valence-electron chi connectivity index (χ3n) is 9.90. The van der Waals surface area contributed by atoms with Crippen LogP contribution >= 0.6 is 11.3 Å². The van der Waals surface area contributed by atoms with Gasteiger partial charge in [0.15, 0.2) is 5.75 Å². The number of rotatable bonds is 9. The first-order valence-electron chi connectivity index (χ1n) is 17.0. The number of piperazine rings is 1. The quantitative estimate of drug-likeness (QED) is 0.311. The zero-order valence-corrected chi connectivity index (χ0v) is 27.6. The molecule has 2 aliphatic carbocycles. The first-order chi connectivity index (χ1) is 22.5. The summed E-state index contributed by atoms with van der Waals surface area (Å²) in [6, 6.07) is 8.50. The fourth-order valence-corrected chi connectivity index (χ4v) is 7.97. The van der Waals surface area contributed by atoms with E-state index < -0.39 is 12.1 Å². The highest BCUT2D eigenvalue weighted by molar-refractivity contribution is 7.09. The van der Waals surface area contributed by atoms with Gasteiger partial charge in [-0.2, -0.15) is 0 Å². The first kappa shape index (κ1) is 32.4. The molecule has 46 heavy (non-hydrogen) atoms. The number of nitrogens with one attached hydrogen (secondary N) is 2. The molecule has 2 saturated carbocycles. The molecule has 1 aromatic carbocycles. The van der Waals surface area contributed by atoms with Crippen molar-refractivity contribution in [3.63, 3.8) is 0 Å². The van der Waals surface area contributed by atoms with Gasteiger partial charge in [-0.1, -0.05) is 69.6 Å². The molecule has 246 valence electrons. The summed E-state index contributed by atoms with van der Waals surface area (Å²) in [6.45, 7) is 2.85. The molecule has 3 heterocycles. The van der Waals surface area contributed by atoms with Crippen LogP contribution in [0.3, 0.4) is 0 Å². The molecule has 2 atom stereocenters. The number of aromatic nitrogens is 2. The summed E-state index contributed by atoms with van der Waals surface area (Å²) in [7, 11) is 0. The average Bonchev–Trinajstić information content (AvgIpc) is 3.62. The standard InChI is InChI=1S/C35H46N6O4S/c1-24-28-15-8-16-31(32(28)38-23-37-24)45-35(44)40-17-18-41(30(22-40)33(42)36-21-27-14-9-19-46-27)34(43)29(20-25-10-4-2-5-11-25)39-26-12-6-3-7-13-26/h8-9,14-16,19,23,25-26,29-30,39H,2-7,10-13,17-18,20-22H2,1H3,(H,36,42)/t29?,30-/m0/s1. The largest absolute Gasteiger partial charge is 0.415 e. The fourth-order valence-electron chi connectivity index (χ4n) is 7.32. The van der Waals surface area contributed by atoms with Crippen molar-refractivity contribution in [2.45, 2.75) is 102 Å². The Kier molecular flexibility index (Phi) is 10.8. The van der Waals surface area contributed by atoms with E-state index in [0.717, 1.165) is 48.1 Å². The lowest BCUT2D eigenvalue weighted by atomic mass is 9.83. The molecule has 2 N–H and O–H groups in total. The van der Waals surface area contributed by atoms with Gasteiger partial charge in [0, 0.05) is 35.1 Å². The number of carbonyl (C=O) groups is 3. The molecule has 3 fully saturated rings. The highest BCUT2D eigenvalue weighted by atomic mass is 32.1. The minimum Gasteiger partial charge on any atom is -0.408 e. The molecule has 10 nitrogen and oxygen atoms in total. The molecule has 0 spiro atoms. The predicted molar refractivity (Wildman–Crippen MR) is 179 cm³/mol. The second-order valence-electron chi connectivity index (χ2n) is 13.1. The summed E-state index contributed by atoms with van der Waals surface area (Å²) in [6.07, 6.45) is 13.5. The van der Waals surface area contributed by atoms with E-state index >= 15 is 0 Å². The monoisotopic (exact) mass is 646 g/mol. The van der Waals surface area contributed by atoms with Gasteiger partial charge in [-0.05, 0) is 49.6 Å². The SMILES string of the molecule is Cc1ncnc2c(OC(=O)N3CCN(C(=O)C(CC4CCCCC4)NC4CCCCC4)[C@H](C(=O)NCc4cccs4)C3)cccc12. The zero-order valence-electron chi connectivity index (χ0n) is 26.8. The Morgan fingerprint density at radius 3 is 2.52 bits per heavy atom. The smallest absolute Gasteiger partial charge is 0.408 e. The number of aryl methyl sites for hydroxylation is 1. The number of nitrogens with zero attached hydrogens (tertiary/aromatic N) is 4. The maximum absolute atomic E-state index is 14.5. The predicted octanol–water partition coefficient (Wildman–Crippen LogP) is 5.59. The topological polar surface area (TPSA) is 117 Å². The van der Waals surface area contributed by atoms with Gasteiger partial charge in [0.1, 0.15) is 17.9 Å². The summed E-state index contributed by atoms with van der Waals surface area (Å²) in [5.74, 6) is 0.562. The minimum absolute atomic E-state index is 0.0262. The summed E-state index contributed by atoms with van der Waals surface area (Å²) in [5, 5.41) is 9.59. The van der Waals surface area contributed by atoms with E-state index in [0.29, 0.717) is 29.8 Å². The lowest BCUT2D eigenvalue weighted by Crippen LogP contribution is -2.64. The van der Waals surface area contributed by atoms with Crippen LogP contribution in [-0.4, -0.2) is 75.4 Å². The Morgan fingerprint density at radius 1 is 0.978 bits per heavy atom. The van der Waals surface area contributed by atoms with Crippen molar-refractivity contribution in [1.82, 2.24) is 30.4 Å². The van der Waals surface area contributed by atoms with Crippen LogP contribution in [0.25, 0.3) is 10.9 Å². The van der Waals surface area contributed by atoms with Gasteiger partial charge in [-0.15, -0.1) is 11.3 Å². The number of hydrogen-bond donors (Lipinski definition) is 2. The van der Waals surface area contributed by atoms with Gasteiger partial charge in [-0.25, -0.2) is 14.8 Å². The van der Waals surface area contributed by atoms with E-state index in [-0.39, 0.29) is 37.5 Å². The molecule has 1 saturated heterocycles. The summed E-state index contributed by atoms with van der Waals surface area (Å²) >= 11 is 1.57. The molecule has 3 aliphatic rings. The zero-order chi connectivity index (χ0) is 31.9. The van der Waals surface area contributed by atoms with Crippen LogP contribution in [0, 0.1) is 12.8 Å². The second-order valence-corrected chi connectivity index (χ2v) is 14.1. The second kappa shape index (κ2) is 15.3. The number of para-hydroxylation sites is 1. The summed E-state index contributed by atoms with van der Waals surface area (Å²) in [5.41, 5.74) is 1.35. The highest BCUT2D eigenvalue weighted by Crippen LogP contribution is 2.30. The normalized spacial score (nSPS) is 20.4. The summed E-state index contributed by atoms with van der Waals surface area (Å²) < 4.78 is 5.86. The van der Waals surface area contributed by atoms with Crippen LogP contribution < -0.4 is 15.4 Å². The number of thiophene rings is 1. The Hall–Kier alpha value is -3.57. The Balaban J connectivity index is 1.21. The lowest BCUT2D eigenvalue weighted by Gasteiger charge is -2.42. The lowest BCUT2D eigenvalue weighted by molar-refractivity contribution is -0.145. The van der Waals surface area contributed by atoms with E-state index in [2.05, 4.69) is 20.6 Å². The number of benzene rings is 1. The van der Waals surface area contributed by atoms with Gasteiger partial charge in [-0.3, -0.25) is 9.59 Å². The maximum atomic E-state index is 14.5. The Morgan fingerprint density at radius 2 is 1.76 bits per heavy atom. The van der Waals surface area contributed by atoms with Gasteiger partial charge < -0.3 is 25.2 Å². The van der Waals surface area contributed by atoms with E-state index in [1.54, 1.807) is 22.3 Å². The molecule has 2 aromatic heterocycles. The van der Waals surface area contributed by atoms with Gasteiger partial charge >= 0.3 is 6.09 Å². The van der Waals surface area contributed by atoms with E-state index in [1.165, 1.54) is 49.8 Å². The van der Waals surface area contributed by atoms with Crippen LogP contribution in [0.1, 0.15) is 81.2 Å². The van der Waals surface area contributed by atoms with Gasteiger partial charge in [0.2, 0.25) is 11.8 Å². The van der Waals surface area contributed by atoms with E-state index in [9.17, 15) is 14.4 Å². The first-order valence-corrected chi connectivity index (χ1v) is 17.9. The molecule has 1 unspecified atom stereocenters. The fraction of sp³-hybridized carbons (Fsp3) is 0.571. The molecule has 3 amide bonds. The molecular formula is C35H46N6O4S. The van der Waals surface area contributed by atoms with Crippen LogP contribution in [0.5, 0.6) is 5.75 Å². The molecule has 0 bridgehead atoms. The van der Waals surface area contributed by atoms with Crippen molar-refractivity contribution in [2.24, 2.45) is 5.92 Å². The number of fused-ring (bicyclic) bond motifs is 1. The average molecular weight is 647 g/mol. The third kappa shape index (κ3) is 7.86. The third-order valence-corrected chi connectivity index (χ3v) is 10.8. The van der Waals surface area contributed by atoms with Crippen molar-refractivity contribution in [2.75, 3.05) is 19.6 Å². The maximum Gasteiger partial charge on any atom is 0.415 e. The molecule has 0 radical (unpaired) electrons. The van der Waals surface area contributed by atoms with Crippen molar-refractivity contribution in [1.29, 1.82) is 0 Å².